The fourth-order valence-corrected chi connectivity index (χ4v) is 1.72. The molecule has 0 fully saturated rings. The van der Waals surface area contributed by atoms with E-state index in [2.05, 4.69) is 22.5 Å². The van der Waals surface area contributed by atoms with Crippen LogP contribution in [0.25, 0.3) is 0 Å². The molecule has 86 valence electrons. The summed E-state index contributed by atoms with van der Waals surface area (Å²) in [5, 5.41) is 0. The third-order valence-corrected chi connectivity index (χ3v) is 3.31. The van der Waals surface area contributed by atoms with E-state index in [4.69, 9.17) is 0 Å². The summed E-state index contributed by atoms with van der Waals surface area (Å²) in [5.41, 5.74) is 1.80. The zero-order chi connectivity index (χ0) is 12.1. The summed E-state index contributed by atoms with van der Waals surface area (Å²) in [6.07, 6.45) is 1.74. The highest BCUT2D eigenvalue weighted by atomic mass is 79.9. The van der Waals surface area contributed by atoms with E-state index in [1.54, 1.807) is 11.0 Å². The number of carbonyl (C=O) groups excluding carboxylic acids is 1. The van der Waals surface area contributed by atoms with Crippen molar-refractivity contribution in [1.29, 1.82) is 0 Å². The molecule has 0 spiro atoms. The van der Waals surface area contributed by atoms with E-state index in [0.717, 1.165) is 15.6 Å². The van der Waals surface area contributed by atoms with E-state index in [9.17, 15) is 4.79 Å². The molecular weight excluding hydrogens is 266 g/mol. The molecule has 0 heterocycles. The molecule has 0 N–H and O–H groups in total. The van der Waals surface area contributed by atoms with Gasteiger partial charge in [0.15, 0.2) is 0 Å². The highest BCUT2D eigenvalue weighted by Gasteiger charge is 2.13. The van der Waals surface area contributed by atoms with Crippen molar-refractivity contribution in [2.75, 3.05) is 13.1 Å². The van der Waals surface area contributed by atoms with Crippen LogP contribution in [-0.4, -0.2) is 23.9 Å². The normalized spacial score (nSPS) is 9.94. The smallest absolute Gasteiger partial charge is 0.254 e. The first-order valence-corrected chi connectivity index (χ1v) is 6.05. The Hall–Kier alpha value is -1.09. The van der Waals surface area contributed by atoms with Crippen LogP contribution in [0.15, 0.2) is 35.3 Å². The van der Waals surface area contributed by atoms with Crippen molar-refractivity contribution < 1.29 is 4.79 Å². The minimum atomic E-state index is 0.0537. The molecule has 0 unspecified atom stereocenters. The SMILES string of the molecule is C=CCN(CC)C(=O)c1ccc(Br)c(C)c1. The first kappa shape index (κ1) is 13.0. The minimum Gasteiger partial charge on any atom is -0.335 e. The molecule has 0 atom stereocenters. The van der Waals surface area contributed by atoms with E-state index in [0.29, 0.717) is 13.1 Å². The second-order valence-electron chi connectivity index (χ2n) is 3.60. The van der Waals surface area contributed by atoms with Gasteiger partial charge < -0.3 is 4.90 Å². The Bertz CT molecular complexity index is 401. The number of hydrogen-bond donors (Lipinski definition) is 0. The van der Waals surface area contributed by atoms with Crippen molar-refractivity contribution in [3.05, 3.63) is 46.5 Å². The zero-order valence-corrected chi connectivity index (χ0v) is 11.3. The number of nitrogens with zero attached hydrogens (tertiary/aromatic N) is 1. The lowest BCUT2D eigenvalue weighted by Gasteiger charge is -2.19. The molecule has 0 aliphatic carbocycles. The predicted octanol–water partition coefficient (Wildman–Crippen LogP) is 3.41. The topological polar surface area (TPSA) is 20.3 Å². The number of benzene rings is 1. The number of aryl methyl sites for hydroxylation is 1. The van der Waals surface area contributed by atoms with Crippen molar-refractivity contribution >= 4 is 21.8 Å². The van der Waals surface area contributed by atoms with E-state index >= 15 is 0 Å². The molecule has 0 bridgehead atoms. The zero-order valence-electron chi connectivity index (χ0n) is 9.66. The maximum absolute atomic E-state index is 12.1. The Morgan fingerprint density at radius 3 is 2.75 bits per heavy atom. The summed E-state index contributed by atoms with van der Waals surface area (Å²) in [6, 6.07) is 5.65. The molecule has 1 aromatic rings. The van der Waals surface area contributed by atoms with Crippen molar-refractivity contribution in [2.24, 2.45) is 0 Å². The Morgan fingerprint density at radius 1 is 1.56 bits per heavy atom. The van der Waals surface area contributed by atoms with Crippen molar-refractivity contribution in [3.63, 3.8) is 0 Å². The Kier molecular flexibility index (Phi) is 4.74. The molecule has 1 amide bonds. The summed E-state index contributed by atoms with van der Waals surface area (Å²) >= 11 is 3.42. The van der Waals surface area contributed by atoms with Gasteiger partial charge in [-0.1, -0.05) is 22.0 Å². The highest BCUT2D eigenvalue weighted by molar-refractivity contribution is 9.10. The van der Waals surface area contributed by atoms with Crippen molar-refractivity contribution in [3.8, 4) is 0 Å². The van der Waals surface area contributed by atoms with Crippen LogP contribution < -0.4 is 0 Å². The predicted molar refractivity (Wildman–Crippen MR) is 70.7 cm³/mol. The molecular formula is C13H16BrNO. The fourth-order valence-electron chi connectivity index (χ4n) is 1.47. The maximum Gasteiger partial charge on any atom is 0.254 e. The highest BCUT2D eigenvalue weighted by Crippen LogP contribution is 2.18. The number of hydrogen-bond acceptors (Lipinski definition) is 1. The molecule has 0 saturated heterocycles. The summed E-state index contributed by atoms with van der Waals surface area (Å²) < 4.78 is 1.02. The van der Waals surface area contributed by atoms with Gasteiger partial charge in [-0.2, -0.15) is 0 Å². The lowest BCUT2D eigenvalue weighted by Crippen LogP contribution is -2.30. The Labute approximate surface area is 105 Å². The number of likely N-dealkylation sites (N-methyl/N-ethyl adjacent to an activating group) is 1. The largest absolute Gasteiger partial charge is 0.335 e. The molecule has 0 aliphatic heterocycles. The number of amides is 1. The van der Waals surface area contributed by atoms with Crippen molar-refractivity contribution in [1.82, 2.24) is 4.90 Å². The van der Waals surface area contributed by atoms with Gasteiger partial charge in [0, 0.05) is 23.1 Å². The van der Waals surface area contributed by atoms with Gasteiger partial charge in [-0.15, -0.1) is 6.58 Å². The van der Waals surface area contributed by atoms with Crippen LogP contribution in [0.3, 0.4) is 0 Å². The monoisotopic (exact) mass is 281 g/mol. The van der Waals surface area contributed by atoms with Crippen LogP contribution in [-0.2, 0) is 0 Å². The average molecular weight is 282 g/mol. The number of halogens is 1. The van der Waals surface area contributed by atoms with E-state index in [1.807, 2.05) is 32.0 Å². The van der Waals surface area contributed by atoms with Gasteiger partial charge in [-0.25, -0.2) is 0 Å². The van der Waals surface area contributed by atoms with Crippen LogP contribution in [0, 0.1) is 6.92 Å². The van der Waals surface area contributed by atoms with Gasteiger partial charge in [0.1, 0.15) is 0 Å². The van der Waals surface area contributed by atoms with Crippen LogP contribution in [0.4, 0.5) is 0 Å². The van der Waals surface area contributed by atoms with Crippen LogP contribution in [0.5, 0.6) is 0 Å². The van der Waals surface area contributed by atoms with Crippen LogP contribution >= 0.6 is 15.9 Å². The molecule has 2 nitrogen and oxygen atoms in total. The van der Waals surface area contributed by atoms with Gasteiger partial charge in [0.25, 0.3) is 5.91 Å². The first-order valence-electron chi connectivity index (χ1n) is 5.26. The molecule has 0 aliphatic rings. The molecule has 1 rings (SSSR count). The second kappa shape index (κ2) is 5.85. The third-order valence-electron chi connectivity index (χ3n) is 2.42. The van der Waals surface area contributed by atoms with Gasteiger partial charge in [-0.05, 0) is 37.6 Å². The summed E-state index contributed by atoms with van der Waals surface area (Å²) in [6.45, 7) is 8.88. The number of carbonyl (C=O) groups is 1. The Morgan fingerprint density at radius 2 is 2.25 bits per heavy atom. The van der Waals surface area contributed by atoms with E-state index in [-0.39, 0.29) is 5.91 Å². The summed E-state index contributed by atoms with van der Waals surface area (Å²) in [5.74, 6) is 0.0537. The third kappa shape index (κ3) is 2.95. The van der Waals surface area contributed by atoms with Crippen molar-refractivity contribution in [2.45, 2.75) is 13.8 Å². The Balaban J connectivity index is 2.94. The van der Waals surface area contributed by atoms with Gasteiger partial charge in [-0.3, -0.25) is 4.79 Å². The van der Waals surface area contributed by atoms with Gasteiger partial charge in [0.05, 0.1) is 0 Å². The minimum absolute atomic E-state index is 0.0537. The molecule has 0 radical (unpaired) electrons. The molecule has 0 saturated carbocycles. The van der Waals surface area contributed by atoms with Crippen LogP contribution in [0.2, 0.25) is 0 Å². The summed E-state index contributed by atoms with van der Waals surface area (Å²) in [7, 11) is 0. The summed E-state index contributed by atoms with van der Waals surface area (Å²) in [4.78, 5) is 13.9. The molecule has 16 heavy (non-hydrogen) atoms. The lowest BCUT2D eigenvalue weighted by molar-refractivity contribution is 0.0782. The molecule has 3 heteroatoms. The average Bonchev–Trinajstić information content (AvgIpc) is 2.28. The lowest BCUT2D eigenvalue weighted by atomic mass is 10.1. The van der Waals surface area contributed by atoms with Gasteiger partial charge >= 0.3 is 0 Å². The number of rotatable bonds is 4. The maximum atomic E-state index is 12.1. The van der Waals surface area contributed by atoms with E-state index in [1.165, 1.54) is 0 Å². The van der Waals surface area contributed by atoms with Crippen LogP contribution in [0.1, 0.15) is 22.8 Å². The fraction of sp³-hybridized carbons (Fsp3) is 0.308. The first-order chi connectivity index (χ1) is 7.60. The van der Waals surface area contributed by atoms with Gasteiger partial charge in [0.2, 0.25) is 0 Å². The van der Waals surface area contributed by atoms with E-state index < -0.39 is 0 Å². The standard InChI is InChI=1S/C13H16BrNO/c1-4-8-15(5-2)13(16)11-6-7-12(14)10(3)9-11/h4,6-7,9H,1,5,8H2,2-3H3. The molecule has 1 aromatic carbocycles. The molecule has 0 aromatic heterocycles. The second-order valence-corrected chi connectivity index (χ2v) is 4.45. The quantitative estimate of drug-likeness (QED) is 0.775.